The maximum absolute atomic E-state index is 12.7. The molecule has 1 unspecified atom stereocenters. The van der Waals surface area contributed by atoms with Crippen LogP contribution in [-0.2, 0) is 14.3 Å². The molecular weight excluding hydrogens is 244 g/mol. The summed E-state index contributed by atoms with van der Waals surface area (Å²) in [6.45, 7) is 5.35. The van der Waals surface area contributed by atoms with Gasteiger partial charge in [0.25, 0.3) is 0 Å². The Hall–Kier alpha value is -1.10. The van der Waals surface area contributed by atoms with Crippen LogP contribution in [-0.4, -0.2) is 48.1 Å². The van der Waals surface area contributed by atoms with Gasteiger partial charge in [0.05, 0.1) is 6.61 Å². The van der Waals surface area contributed by atoms with Crippen LogP contribution in [0.1, 0.15) is 46.0 Å². The highest BCUT2D eigenvalue weighted by Crippen LogP contribution is 2.33. The zero-order valence-corrected chi connectivity index (χ0v) is 11.9. The van der Waals surface area contributed by atoms with Gasteiger partial charge in [-0.2, -0.15) is 0 Å². The summed E-state index contributed by atoms with van der Waals surface area (Å²) in [6, 6.07) is -0.388. The lowest BCUT2D eigenvalue weighted by atomic mass is 9.78. The van der Waals surface area contributed by atoms with Gasteiger partial charge < -0.3 is 15.0 Å². The van der Waals surface area contributed by atoms with Crippen LogP contribution in [0.15, 0.2) is 0 Å². The minimum atomic E-state index is -0.631. The topological polar surface area (TPSA) is 58.6 Å². The van der Waals surface area contributed by atoms with E-state index in [-0.39, 0.29) is 17.9 Å². The SMILES string of the molecule is CCOCCN1C(=O)C2(CCCCC2)NC(=O)C1C. The average molecular weight is 268 g/mol. The largest absolute Gasteiger partial charge is 0.380 e. The van der Waals surface area contributed by atoms with E-state index >= 15 is 0 Å². The van der Waals surface area contributed by atoms with Crippen LogP contribution < -0.4 is 5.32 Å². The Labute approximate surface area is 114 Å². The standard InChI is InChI=1S/C14H24N2O3/c1-3-19-10-9-16-11(2)12(17)15-14(13(16)18)7-5-4-6-8-14/h11H,3-10H2,1-2H3,(H,15,17). The van der Waals surface area contributed by atoms with E-state index in [0.29, 0.717) is 19.8 Å². The summed E-state index contributed by atoms with van der Waals surface area (Å²) in [4.78, 5) is 26.5. The molecule has 5 heteroatoms. The number of rotatable bonds is 4. The van der Waals surface area contributed by atoms with Crippen molar-refractivity contribution in [1.82, 2.24) is 10.2 Å². The number of piperazine rings is 1. The molecule has 1 aliphatic heterocycles. The third-order valence-electron chi connectivity index (χ3n) is 4.27. The molecule has 2 fully saturated rings. The summed E-state index contributed by atoms with van der Waals surface area (Å²) >= 11 is 0. The average Bonchev–Trinajstić information content (AvgIpc) is 2.42. The van der Waals surface area contributed by atoms with Crippen LogP contribution >= 0.6 is 0 Å². The number of amides is 2. The zero-order valence-electron chi connectivity index (χ0n) is 11.9. The molecule has 0 aromatic heterocycles. The minimum absolute atomic E-state index is 0.0296. The fourth-order valence-electron chi connectivity index (χ4n) is 3.08. The van der Waals surface area contributed by atoms with Gasteiger partial charge >= 0.3 is 0 Å². The van der Waals surface area contributed by atoms with E-state index < -0.39 is 5.54 Å². The quantitative estimate of drug-likeness (QED) is 0.776. The first-order valence-electron chi connectivity index (χ1n) is 7.31. The summed E-state index contributed by atoms with van der Waals surface area (Å²) in [5, 5.41) is 2.98. The van der Waals surface area contributed by atoms with E-state index in [9.17, 15) is 9.59 Å². The van der Waals surface area contributed by atoms with E-state index in [1.165, 1.54) is 0 Å². The number of nitrogens with one attached hydrogen (secondary N) is 1. The van der Waals surface area contributed by atoms with Gasteiger partial charge in [-0.15, -0.1) is 0 Å². The van der Waals surface area contributed by atoms with Gasteiger partial charge in [0.1, 0.15) is 11.6 Å². The molecular formula is C14H24N2O3. The number of hydrogen-bond acceptors (Lipinski definition) is 3. The van der Waals surface area contributed by atoms with E-state index in [1.807, 2.05) is 6.92 Å². The summed E-state index contributed by atoms with van der Waals surface area (Å²) in [6.07, 6.45) is 4.73. The predicted molar refractivity (Wildman–Crippen MR) is 71.6 cm³/mol. The van der Waals surface area contributed by atoms with Crippen molar-refractivity contribution >= 4 is 11.8 Å². The van der Waals surface area contributed by atoms with E-state index in [4.69, 9.17) is 4.74 Å². The summed E-state index contributed by atoms with van der Waals surface area (Å²) in [5.41, 5.74) is -0.631. The Morgan fingerprint density at radius 3 is 2.63 bits per heavy atom. The Bertz CT molecular complexity index is 351. The fraction of sp³-hybridized carbons (Fsp3) is 0.857. The fourth-order valence-corrected chi connectivity index (χ4v) is 3.08. The van der Waals surface area contributed by atoms with Crippen LogP contribution in [0.4, 0.5) is 0 Å². The highest BCUT2D eigenvalue weighted by atomic mass is 16.5. The number of carbonyl (C=O) groups excluding carboxylic acids is 2. The maximum atomic E-state index is 12.7. The molecule has 1 heterocycles. The molecule has 1 atom stereocenters. The molecule has 0 bridgehead atoms. The first kappa shape index (κ1) is 14.3. The maximum Gasteiger partial charge on any atom is 0.249 e. The van der Waals surface area contributed by atoms with Crippen molar-refractivity contribution in [3.63, 3.8) is 0 Å². The first-order chi connectivity index (χ1) is 9.10. The van der Waals surface area contributed by atoms with Crippen molar-refractivity contribution in [2.24, 2.45) is 0 Å². The number of ether oxygens (including phenoxy) is 1. The molecule has 19 heavy (non-hydrogen) atoms. The Balaban J connectivity index is 2.11. The van der Waals surface area contributed by atoms with Crippen molar-refractivity contribution in [3.05, 3.63) is 0 Å². The molecule has 0 aromatic carbocycles. The van der Waals surface area contributed by atoms with E-state index in [0.717, 1.165) is 32.1 Å². The van der Waals surface area contributed by atoms with Crippen LogP contribution in [0.25, 0.3) is 0 Å². The van der Waals surface area contributed by atoms with Crippen molar-refractivity contribution in [2.45, 2.75) is 57.5 Å². The van der Waals surface area contributed by atoms with E-state index in [1.54, 1.807) is 11.8 Å². The Morgan fingerprint density at radius 2 is 2.00 bits per heavy atom. The third kappa shape index (κ3) is 2.76. The summed E-state index contributed by atoms with van der Waals surface area (Å²) in [5.74, 6) is 0.0528. The lowest BCUT2D eigenvalue weighted by molar-refractivity contribution is -0.156. The van der Waals surface area contributed by atoms with Crippen molar-refractivity contribution in [1.29, 1.82) is 0 Å². The lowest BCUT2D eigenvalue weighted by Gasteiger charge is -2.46. The minimum Gasteiger partial charge on any atom is -0.380 e. The molecule has 2 rings (SSSR count). The second-order valence-electron chi connectivity index (χ2n) is 5.50. The second kappa shape index (κ2) is 5.90. The van der Waals surface area contributed by atoms with Crippen LogP contribution in [0, 0.1) is 0 Å². The molecule has 1 saturated carbocycles. The van der Waals surface area contributed by atoms with Crippen LogP contribution in [0.3, 0.4) is 0 Å². The monoisotopic (exact) mass is 268 g/mol. The van der Waals surface area contributed by atoms with Crippen molar-refractivity contribution in [2.75, 3.05) is 19.8 Å². The van der Waals surface area contributed by atoms with Crippen LogP contribution in [0.5, 0.6) is 0 Å². The summed E-state index contributed by atoms with van der Waals surface area (Å²) in [7, 11) is 0. The molecule has 2 amide bonds. The van der Waals surface area contributed by atoms with Gasteiger partial charge in [0.2, 0.25) is 11.8 Å². The smallest absolute Gasteiger partial charge is 0.249 e. The number of carbonyl (C=O) groups is 2. The molecule has 0 aromatic rings. The van der Waals surface area contributed by atoms with Gasteiger partial charge in [-0.05, 0) is 26.7 Å². The molecule has 2 aliphatic rings. The lowest BCUT2D eigenvalue weighted by Crippen LogP contribution is -2.70. The van der Waals surface area contributed by atoms with E-state index in [2.05, 4.69) is 5.32 Å². The van der Waals surface area contributed by atoms with Gasteiger partial charge in [-0.1, -0.05) is 19.3 Å². The second-order valence-corrected chi connectivity index (χ2v) is 5.50. The van der Waals surface area contributed by atoms with Gasteiger partial charge in [0, 0.05) is 13.2 Å². The Morgan fingerprint density at radius 1 is 1.32 bits per heavy atom. The zero-order chi connectivity index (χ0) is 13.9. The third-order valence-corrected chi connectivity index (χ3v) is 4.27. The highest BCUT2D eigenvalue weighted by Gasteiger charge is 2.49. The highest BCUT2D eigenvalue weighted by molar-refractivity contribution is 5.99. The normalized spacial score (nSPS) is 26.6. The van der Waals surface area contributed by atoms with Gasteiger partial charge in [-0.25, -0.2) is 0 Å². The van der Waals surface area contributed by atoms with Gasteiger partial charge in [-0.3, -0.25) is 9.59 Å². The Kier molecular flexibility index (Phi) is 4.45. The van der Waals surface area contributed by atoms with Crippen molar-refractivity contribution in [3.8, 4) is 0 Å². The number of nitrogens with zero attached hydrogens (tertiary/aromatic N) is 1. The van der Waals surface area contributed by atoms with Crippen molar-refractivity contribution < 1.29 is 14.3 Å². The molecule has 1 saturated heterocycles. The molecule has 1 spiro atoms. The van der Waals surface area contributed by atoms with Gasteiger partial charge in [0.15, 0.2) is 0 Å². The summed E-state index contributed by atoms with van der Waals surface area (Å²) < 4.78 is 5.32. The predicted octanol–water partition coefficient (Wildman–Crippen LogP) is 1.07. The molecule has 0 radical (unpaired) electrons. The van der Waals surface area contributed by atoms with Crippen LogP contribution in [0.2, 0.25) is 0 Å². The first-order valence-corrected chi connectivity index (χ1v) is 7.31. The molecule has 108 valence electrons. The molecule has 1 N–H and O–H groups in total. The molecule has 5 nitrogen and oxygen atoms in total. The number of hydrogen-bond donors (Lipinski definition) is 1. The molecule has 1 aliphatic carbocycles.